The van der Waals surface area contributed by atoms with Gasteiger partial charge in [0.25, 0.3) is 5.91 Å². The molecule has 2 aromatic heterocycles. The third-order valence-corrected chi connectivity index (χ3v) is 6.06. The van der Waals surface area contributed by atoms with Crippen molar-refractivity contribution in [2.45, 2.75) is 32.1 Å². The maximum absolute atomic E-state index is 12.7. The van der Waals surface area contributed by atoms with E-state index in [0.29, 0.717) is 23.2 Å². The molecule has 0 aliphatic heterocycles. The molecule has 3 aromatic rings. The largest absolute Gasteiger partial charge is 0.296 e. The topological polar surface area (TPSA) is 59.8 Å². The van der Waals surface area contributed by atoms with Gasteiger partial charge in [-0.2, -0.15) is 5.10 Å². The van der Waals surface area contributed by atoms with E-state index in [2.05, 4.69) is 15.4 Å². The van der Waals surface area contributed by atoms with Gasteiger partial charge in [-0.25, -0.2) is 4.98 Å². The third kappa shape index (κ3) is 3.39. The first-order valence-electron chi connectivity index (χ1n) is 8.55. The van der Waals surface area contributed by atoms with Crippen molar-refractivity contribution in [1.29, 1.82) is 0 Å². The molecule has 1 saturated carbocycles. The maximum atomic E-state index is 12.7. The smallest absolute Gasteiger partial charge is 0.275 e. The Labute approximate surface area is 161 Å². The van der Waals surface area contributed by atoms with Crippen LogP contribution in [0, 0.1) is 6.92 Å². The zero-order valence-corrected chi connectivity index (χ0v) is 16.2. The predicted molar refractivity (Wildman–Crippen MR) is 104 cm³/mol. The Balaban J connectivity index is 1.49. The van der Waals surface area contributed by atoms with Gasteiger partial charge in [0.2, 0.25) is 0 Å². The maximum Gasteiger partial charge on any atom is 0.275 e. The molecule has 0 radical (unpaired) electrons. The number of aryl methyl sites for hydroxylation is 2. The van der Waals surface area contributed by atoms with Gasteiger partial charge in [0.15, 0.2) is 5.13 Å². The third-order valence-electron chi connectivity index (χ3n) is 4.61. The van der Waals surface area contributed by atoms with Crippen molar-refractivity contribution in [3.05, 3.63) is 62.9 Å². The second-order valence-corrected chi connectivity index (χ2v) is 8.15. The van der Waals surface area contributed by atoms with Gasteiger partial charge in [-0.3, -0.25) is 14.8 Å². The number of nitrogens with zero attached hydrogens (tertiary/aromatic N) is 3. The molecule has 1 aliphatic carbocycles. The van der Waals surface area contributed by atoms with Crippen LogP contribution in [0.25, 0.3) is 0 Å². The molecule has 5 nitrogen and oxygen atoms in total. The molecule has 0 bridgehead atoms. The minimum Gasteiger partial charge on any atom is -0.296 e. The number of halogens is 1. The van der Waals surface area contributed by atoms with E-state index in [0.717, 1.165) is 39.4 Å². The summed E-state index contributed by atoms with van der Waals surface area (Å²) in [7, 11) is 1.80. The van der Waals surface area contributed by atoms with Crippen LogP contribution in [0.4, 0.5) is 5.13 Å². The summed E-state index contributed by atoms with van der Waals surface area (Å²) in [4.78, 5) is 18.1. The van der Waals surface area contributed by atoms with E-state index in [1.807, 2.05) is 25.1 Å². The molecule has 4 rings (SSSR count). The summed E-state index contributed by atoms with van der Waals surface area (Å²) in [6.07, 6.45) is 6.56. The highest BCUT2D eigenvalue weighted by atomic mass is 35.5. The first kappa shape index (κ1) is 17.2. The summed E-state index contributed by atoms with van der Waals surface area (Å²) < 4.78 is 1.64. The van der Waals surface area contributed by atoms with Crippen LogP contribution < -0.4 is 5.32 Å². The lowest BCUT2D eigenvalue weighted by atomic mass is 10.1. The summed E-state index contributed by atoms with van der Waals surface area (Å²) in [5, 5.41) is 8.54. The molecule has 1 amide bonds. The van der Waals surface area contributed by atoms with Crippen molar-refractivity contribution in [3.63, 3.8) is 0 Å². The van der Waals surface area contributed by atoms with Crippen molar-refractivity contribution in [3.8, 4) is 0 Å². The SMILES string of the molecule is Cc1cccc(Cc2cnc(NC(=O)c3c(C4CC4)cnn3C)s2)c1Cl. The fourth-order valence-corrected chi connectivity index (χ4v) is 4.08. The Kier molecular flexibility index (Phi) is 4.54. The highest BCUT2D eigenvalue weighted by Gasteiger charge is 2.31. The molecule has 1 fully saturated rings. The van der Waals surface area contributed by atoms with E-state index >= 15 is 0 Å². The number of carbonyl (C=O) groups is 1. The van der Waals surface area contributed by atoms with Gasteiger partial charge in [0, 0.05) is 35.1 Å². The first-order valence-corrected chi connectivity index (χ1v) is 9.74. The number of anilines is 1. The van der Waals surface area contributed by atoms with E-state index in [4.69, 9.17) is 11.6 Å². The van der Waals surface area contributed by atoms with Crippen molar-refractivity contribution < 1.29 is 4.79 Å². The van der Waals surface area contributed by atoms with Gasteiger partial charge >= 0.3 is 0 Å². The van der Waals surface area contributed by atoms with Crippen LogP contribution in [0.15, 0.2) is 30.6 Å². The number of amides is 1. The van der Waals surface area contributed by atoms with Crippen molar-refractivity contribution >= 4 is 34.0 Å². The Morgan fingerprint density at radius 2 is 2.19 bits per heavy atom. The molecule has 0 unspecified atom stereocenters. The van der Waals surface area contributed by atoms with Crippen LogP contribution in [0.1, 0.15) is 50.8 Å². The quantitative estimate of drug-likeness (QED) is 0.699. The number of rotatable bonds is 5. The lowest BCUT2D eigenvalue weighted by molar-refractivity contribution is 0.101. The second-order valence-electron chi connectivity index (χ2n) is 6.66. The molecule has 0 saturated heterocycles. The standard InChI is InChI=1S/C19H19ClN4OS/c1-11-4-3-5-13(16(11)20)8-14-9-21-19(26-14)23-18(25)17-15(12-6-7-12)10-22-24(17)2/h3-5,9-10,12H,6-8H2,1-2H3,(H,21,23,25). The number of thiazole rings is 1. The minimum absolute atomic E-state index is 0.151. The van der Waals surface area contributed by atoms with Gasteiger partial charge in [0.05, 0.1) is 6.20 Å². The summed E-state index contributed by atoms with van der Waals surface area (Å²) in [6, 6.07) is 6.02. The molecular formula is C19H19ClN4OS. The minimum atomic E-state index is -0.151. The monoisotopic (exact) mass is 386 g/mol. The fourth-order valence-electron chi connectivity index (χ4n) is 3.06. The van der Waals surface area contributed by atoms with E-state index in [1.165, 1.54) is 11.3 Å². The number of nitrogens with one attached hydrogen (secondary N) is 1. The molecule has 0 atom stereocenters. The zero-order chi connectivity index (χ0) is 18.3. The molecule has 1 aromatic carbocycles. The lowest BCUT2D eigenvalue weighted by Crippen LogP contribution is -2.17. The Bertz CT molecular complexity index is 974. The molecule has 26 heavy (non-hydrogen) atoms. The van der Waals surface area contributed by atoms with Crippen LogP contribution >= 0.6 is 22.9 Å². The molecule has 0 spiro atoms. The van der Waals surface area contributed by atoms with Gasteiger partial charge in [-0.1, -0.05) is 29.8 Å². The number of hydrogen-bond acceptors (Lipinski definition) is 4. The summed E-state index contributed by atoms with van der Waals surface area (Å²) >= 11 is 7.85. The number of aromatic nitrogens is 3. The molecule has 2 heterocycles. The average Bonchev–Trinajstić information content (AvgIpc) is 3.25. The summed E-state index contributed by atoms with van der Waals surface area (Å²) in [5.74, 6) is 0.321. The molecule has 7 heteroatoms. The van der Waals surface area contributed by atoms with Crippen LogP contribution in [-0.4, -0.2) is 20.7 Å². The van der Waals surface area contributed by atoms with Gasteiger partial charge in [-0.15, -0.1) is 11.3 Å². The van der Waals surface area contributed by atoms with E-state index < -0.39 is 0 Å². The normalized spacial score (nSPS) is 13.8. The second kappa shape index (κ2) is 6.85. The molecule has 1 aliphatic rings. The summed E-state index contributed by atoms with van der Waals surface area (Å²) in [6.45, 7) is 2.00. The fraction of sp³-hybridized carbons (Fsp3) is 0.316. The van der Waals surface area contributed by atoms with Crippen LogP contribution in [0.2, 0.25) is 5.02 Å². The van der Waals surface area contributed by atoms with Gasteiger partial charge in [-0.05, 0) is 36.8 Å². The van der Waals surface area contributed by atoms with Crippen LogP contribution in [0.5, 0.6) is 0 Å². The zero-order valence-electron chi connectivity index (χ0n) is 14.6. The van der Waals surface area contributed by atoms with Crippen molar-refractivity contribution in [2.75, 3.05) is 5.32 Å². The van der Waals surface area contributed by atoms with E-state index in [9.17, 15) is 4.79 Å². The Hall–Kier alpha value is -2.18. The van der Waals surface area contributed by atoms with E-state index in [-0.39, 0.29) is 5.91 Å². The molecular weight excluding hydrogens is 368 g/mol. The van der Waals surface area contributed by atoms with Gasteiger partial charge < -0.3 is 0 Å². The Morgan fingerprint density at radius 1 is 1.38 bits per heavy atom. The molecule has 134 valence electrons. The number of benzene rings is 1. The highest BCUT2D eigenvalue weighted by molar-refractivity contribution is 7.15. The van der Waals surface area contributed by atoms with Crippen LogP contribution in [0.3, 0.4) is 0 Å². The first-order chi connectivity index (χ1) is 12.5. The van der Waals surface area contributed by atoms with Crippen LogP contribution in [-0.2, 0) is 13.5 Å². The van der Waals surface area contributed by atoms with Crippen molar-refractivity contribution in [2.24, 2.45) is 7.05 Å². The van der Waals surface area contributed by atoms with E-state index in [1.54, 1.807) is 24.1 Å². The average molecular weight is 387 g/mol. The summed E-state index contributed by atoms with van der Waals surface area (Å²) in [5.41, 5.74) is 3.79. The number of carbonyl (C=O) groups excluding carboxylic acids is 1. The van der Waals surface area contributed by atoms with Crippen molar-refractivity contribution in [1.82, 2.24) is 14.8 Å². The Morgan fingerprint density at radius 3 is 2.96 bits per heavy atom. The highest BCUT2D eigenvalue weighted by Crippen LogP contribution is 2.41. The van der Waals surface area contributed by atoms with Gasteiger partial charge in [0.1, 0.15) is 5.69 Å². The molecule has 1 N–H and O–H groups in total. The predicted octanol–water partition coefficient (Wildman–Crippen LogP) is 4.56. The number of hydrogen-bond donors (Lipinski definition) is 1. The lowest BCUT2D eigenvalue weighted by Gasteiger charge is -2.05.